The molecule has 1 saturated heterocycles. The van der Waals surface area contributed by atoms with E-state index in [-0.39, 0.29) is 17.3 Å². The first-order valence-corrected chi connectivity index (χ1v) is 9.35. The Morgan fingerprint density at radius 3 is 2.64 bits per heavy atom. The summed E-state index contributed by atoms with van der Waals surface area (Å²) in [5, 5.41) is 16.5. The third-order valence-electron chi connectivity index (χ3n) is 5.89. The number of nitro benzene ring substituents is 1. The Morgan fingerprint density at radius 2 is 2.00 bits per heavy atom. The van der Waals surface area contributed by atoms with Crippen LogP contribution < -0.4 is 10.6 Å². The number of hydrogen-bond donors (Lipinski definition) is 2. The molecule has 1 heterocycles. The van der Waals surface area contributed by atoms with E-state index in [1.807, 2.05) is 6.92 Å². The summed E-state index contributed by atoms with van der Waals surface area (Å²) in [6.07, 6.45) is 3.23. The SMILES string of the molecule is Cc1cc(NC(=O)CN2C(=O)N[C@@]3(CCCC[C@@H]3C)C2=O)c([N+](=O)[O-])cc1C. The van der Waals surface area contributed by atoms with Crippen molar-refractivity contribution in [3.63, 3.8) is 0 Å². The van der Waals surface area contributed by atoms with Crippen LogP contribution in [0.1, 0.15) is 43.7 Å². The molecule has 0 unspecified atom stereocenters. The molecule has 1 aromatic carbocycles. The monoisotopic (exact) mass is 388 g/mol. The highest BCUT2D eigenvalue weighted by atomic mass is 16.6. The Kier molecular flexibility index (Phi) is 5.10. The number of nitrogens with zero attached hydrogens (tertiary/aromatic N) is 2. The van der Waals surface area contributed by atoms with Crippen molar-refractivity contribution in [2.45, 2.75) is 52.0 Å². The van der Waals surface area contributed by atoms with Crippen molar-refractivity contribution in [1.82, 2.24) is 10.2 Å². The fourth-order valence-corrected chi connectivity index (χ4v) is 4.02. The normalized spacial score (nSPS) is 24.4. The van der Waals surface area contributed by atoms with Gasteiger partial charge in [-0.25, -0.2) is 4.79 Å². The number of nitrogens with one attached hydrogen (secondary N) is 2. The van der Waals surface area contributed by atoms with Crippen molar-refractivity contribution in [3.8, 4) is 0 Å². The number of amides is 4. The van der Waals surface area contributed by atoms with E-state index in [4.69, 9.17) is 0 Å². The highest BCUT2D eigenvalue weighted by Crippen LogP contribution is 2.38. The van der Waals surface area contributed by atoms with E-state index in [2.05, 4.69) is 10.6 Å². The van der Waals surface area contributed by atoms with Gasteiger partial charge in [0.05, 0.1) is 4.92 Å². The topological polar surface area (TPSA) is 122 Å². The number of aryl methyl sites for hydroxylation is 2. The predicted octanol–water partition coefficient (Wildman–Crippen LogP) is 2.65. The second kappa shape index (κ2) is 7.21. The van der Waals surface area contributed by atoms with Crippen LogP contribution in [0.4, 0.5) is 16.2 Å². The first-order chi connectivity index (χ1) is 13.2. The molecule has 0 aromatic heterocycles. The zero-order chi connectivity index (χ0) is 20.6. The molecule has 9 heteroatoms. The number of carbonyl (C=O) groups is 3. The highest BCUT2D eigenvalue weighted by Gasteiger charge is 2.55. The second-order valence-electron chi connectivity index (χ2n) is 7.70. The molecule has 9 nitrogen and oxygen atoms in total. The van der Waals surface area contributed by atoms with E-state index < -0.39 is 34.9 Å². The number of nitro groups is 1. The lowest BCUT2D eigenvalue weighted by molar-refractivity contribution is -0.384. The van der Waals surface area contributed by atoms with Crippen LogP contribution in [0.2, 0.25) is 0 Å². The van der Waals surface area contributed by atoms with Crippen LogP contribution in [-0.4, -0.2) is 39.8 Å². The van der Waals surface area contributed by atoms with Crippen molar-refractivity contribution in [1.29, 1.82) is 0 Å². The average Bonchev–Trinajstić information content (AvgIpc) is 2.85. The molecule has 2 aliphatic rings. The summed E-state index contributed by atoms with van der Waals surface area (Å²) in [5.41, 5.74) is 0.386. The maximum atomic E-state index is 12.9. The average molecular weight is 388 g/mol. The molecule has 1 aromatic rings. The molecule has 1 saturated carbocycles. The number of anilines is 1. The Hall–Kier alpha value is -2.97. The van der Waals surface area contributed by atoms with Crippen LogP contribution in [0.15, 0.2) is 12.1 Å². The Labute approximate surface area is 162 Å². The molecule has 4 amide bonds. The number of imide groups is 1. The summed E-state index contributed by atoms with van der Waals surface area (Å²) in [5.74, 6) is -1.06. The van der Waals surface area contributed by atoms with Crippen LogP contribution in [0.25, 0.3) is 0 Å². The maximum Gasteiger partial charge on any atom is 0.325 e. The van der Waals surface area contributed by atoms with Crippen molar-refractivity contribution in [3.05, 3.63) is 33.4 Å². The molecule has 3 rings (SSSR count). The summed E-state index contributed by atoms with van der Waals surface area (Å²) in [6, 6.07) is 2.31. The lowest BCUT2D eigenvalue weighted by Gasteiger charge is -2.36. The van der Waals surface area contributed by atoms with Crippen LogP contribution in [0.5, 0.6) is 0 Å². The summed E-state index contributed by atoms with van der Waals surface area (Å²) in [4.78, 5) is 49.4. The van der Waals surface area contributed by atoms with E-state index in [1.54, 1.807) is 13.8 Å². The van der Waals surface area contributed by atoms with Crippen molar-refractivity contribution < 1.29 is 19.3 Å². The first kappa shape index (κ1) is 19.8. The Bertz CT molecular complexity index is 868. The van der Waals surface area contributed by atoms with E-state index in [0.29, 0.717) is 6.42 Å². The molecule has 1 aliphatic heterocycles. The minimum absolute atomic E-state index is 0.00778. The molecule has 28 heavy (non-hydrogen) atoms. The number of carbonyl (C=O) groups excluding carboxylic acids is 3. The third-order valence-corrected chi connectivity index (χ3v) is 5.89. The number of hydrogen-bond acceptors (Lipinski definition) is 5. The zero-order valence-electron chi connectivity index (χ0n) is 16.2. The van der Waals surface area contributed by atoms with Gasteiger partial charge in [-0.3, -0.25) is 24.6 Å². The summed E-state index contributed by atoms with van der Waals surface area (Å²) >= 11 is 0. The molecular formula is C19H24N4O5. The summed E-state index contributed by atoms with van der Waals surface area (Å²) < 4.78 is 0. The molecule has 2 atom stereocenters. The van der Waals surface area contributed by atoms with E-state index in [9.17, 15) is 24.5 Å². The van der Waals surface area contributed by atoms with Gasteiger partial charge in [-0.05, 0) is 49.8 Å². The van der Waals surface area contributed by atoms with Gasteiger partial charge in [-0.1, -0.05) is 19.8 Å². The van der Waals surface area contributed by atoms with Gasteiger partial charge in [0.2, 0.25) is 5.91 Å². The summed E-state index contributed by atoms with van der Waals surface area (Å²) in [6.45, 7) is 4.97. The number of rotatable bonds is 4. The van der Waals surface area contributed by atoms with Crippen molar-refractivity contribution >= 4 is 29.2 Å². The van der Waals surface area contributed by atoms with Crippen LogP contribution in [0.3, 0.4) is 0 Å². The quantitative estimate of drug-likeness (QED) is 0.466. The molecule has 2 fully saturated rings. The van der Waals surface area contributed by atoms with Gasteiger partial charge >= 0.3 is 6.03 Å². The van der Waals surface area contributed by atoms with Crippen LogP contribution in [-0.2, 0) is 9.59 Å². The van der Waals surface area contributed by atoms with Crippen LogP contribution >= 0.6 is 0 Å². The summed E-state index contributed by atoms with van der Waals surface area (Å²) in [7, 11) is 0. The lowest BCUT2D eigenvalue weighted by atomic mass is 9.73. The molecular weight excluding hydrogens is 364 g/mol. The maximum absolute atomic E-state index is 12.9. The van der Waals surface area contributed by atoms with Gasteiger partial charge in [0.1, 0.15) is 17.8 Å². The first-order valence-electron chi connectivity index (χ1n) is 9.35. The molecule has 2 N–H and O–H groups in total. The standard InChI is InChI=1S/C19H24N4O5/c1-11-8-14(15(23(27)28)9-12(11)2)20-16(24)10-22-17(25)19(21-18(22)26)7-5-4-6-13(19)3/h8-9,13H,4-7,10H2,1-3H3,(H,20,24)(H,21,26)/t13-,19+/m0/s1. The fourth-order valence-electron chi connectivity index (χ4n) is 4.02. The molecule has 0 bridgehead atoms. The smallest absolute Gasteiger partial charge is 0.323 e. The van der Waals surface area contributed by atoms with E-state index >= 15 is 0 Å². The van der Waals surface area contributed by atoms with Crippen LogP contribution in [0, 0.1) is 29.9 Å². The van der Waals surface area contributed by atoms with Crippen molar-refractivity contribution in [2.24, 2.45) is 5.92 Å². The number of urea groups is 1. The van der Waals surface area contributed by atoms with E-state index in [1.165, 1.54) is 12.1 Å². The van der Waals surface area contributed by atoms with Gasteiger partial charge in [-0.2, -0.15) is 0 Å². The largest absolute Gasteiger partial charge is 0.325 e. The minimum Gasteiger partial charge on any atom is -0.323 e. The lowest BCUT2D eigenvalue weighted by Crippen LogP contribution is -2.54. The molecule has 1 spiro atoms. The predicted molar refractivity (Wildman–Crippen MR) is 102 cm³/mol. The minimum atomic E-state index is -0.942. The van der Waals surface area contributed by atoms with Gasteiger partial charge < -0.3 is 10.6 Å². The molecule has 150 valence electrons. The second-order valence-corrected chi connectivity index (χ2v) is 7.70. The fraction of sp³-hybridized carbons (Fsp3) is 0.526. The highest BCUT2D eigenvalue weighted by molar-refractivity contribution is 6.10. The van der Waals surface area contributed by atoms with Gasteiger partial charge in [0.25, 0.3) is 11.6 Å². The van der Waals surface area contributed by atoms with Crippen molar-refractivity contribution in [2.75, 3.05) is 11.9 Å². The van der Waals surface area contributed by atoms with E-state index in [0.717, 1.165) is 35.3 Å². The Morgan fingerprint density at radius 1 is 1.32 bits per heavy atom. The molecule has 0 radical (unpaired) electrons. The zero-order valence-corrected chi connectivity index (χ0v) is 16.2. The van der Waals surface area contributed by atoms with Gasteiger partial charge in [-0.15, -0.1) is 0 Å². The van der Waals surface area contributed by atoms with Gasteiger partial charge in [0.15, 0.2) is 0 Å². The Balaban J connectivity index is 1.77. The molecule has 1 aliphatic carbocycles. The number of benzene rings is 1. The third kappa shape index (κ3) is 3.32. The van der Waals surface area contributed by atoms with Gasteiger partial charge in [0, 0.05) is 6.07 Å².